The Kier molecular flexibility index (Phi) is 4.03. The quantitative estimate of drug-likeness (QED) is 0.633. The maximum atomic E-state index is 6.02. The third-order valence-electron chi connectivity index (χ3n) is 2.12. The summed E-state index contributed by atoms with van der Waals surface area (Å²) in [5.74, 6) is 0. The van der Waals surface area contributed by atoms with Crippen molar-refractivity contribution in [3.8, 4) is 0 Å². The van der Waals surface area contributed by atoms with Crippen molar-refractivity contribution in [2.75, 3.05) is 0 Å². The maximum Gasteiger partial charge on any atom is 0.0627 e. The number of allylic oxidation sites excluding steroid dienone is 8. The van der Waals surface area contributed by atoms with E-state index < -0.39 is 0 Å². The molecule has 0 saturated heterocycles. The van der Waals surface area contributed by atoms with Crippen molar-refractivity contribution in [2.24, 2.45) is 0 Å². The van der Waals surface area contributed by atoms with E-state index in [1.54, 1.807) is 0 Å². The Morgan fingerprint density at radius 3 is 2.38 bits per heavy atom. The minimum Gasteiger partial charge on any atom is -0.0830 e. The second-order valence-corrected chi connectivity index (χ2v) is 3.66. The van der Waals surface area contributed by atoms with Crippen LogP contribution in [0.4, 0.5) is 0 Å². The summed E-state index contributed by atoms with van der Waals surface area (Å²) in [5.41, 5.74) is 2.48. The van der Waals surface area contributed by atoms with Gasteiger partial charge < -0.3 is 0 Å². The molecule has 0 aromatic rings. The van der Waals surface area contributed by atoms with Gasteiger partial charge in [0.25, 0.3) is 0 Å². The summed E-state index contributed by atoms with van der Waals surface area (Å²) in [6.07, 6.45) is 10.1. The monoisotopic (exact) mass is 393 g/mol. The van der Waals surface area contributed by atoms with Crippen molar-refractivity contribution in [1.29, 1.82) is 0 Å². The van der Waals surface area contributed by atoms with E-state index in [1.807, 2.05) is 6.08 Å². The second-order valence-electron chi connectivity index (χ2n) is 2.87. The first-order valence-corrected chi connectivity index (χ1v) is 4.65. The number of halogens is 2. The van der Waals surface area contributed by atoms with Gasteiger partial charge in [-0.15, -0.1) is 0 Å². The molecule has 0 unspecified atom stereocenters. The van der Waals surface area contributed by atoms with Gasteiger partial charge in [0, 0.05) is 21.1 Å². The minimum atomic E-state index is 0. The average molecular weight is 394 g/mol. The van der Waals surface area contributed by atoms with Crippen molar-refractivity contribution in [3.63, 3.8) is 0 Å². The Morgan fingerprint density at radius 2 is 1.92 bits per heavy atom. The molecule has 0 aromatic heterocycles. The first-order valence-electron chi connectivity index (χ1n) is 3.90. The third-order valence-corrected chi connectivity index (χ3v) is 2.99. The molecule has 2 aliphatic rings. The Morgan fingerprint density at radius 1 is 1.15 bits per heavy atom. The van der Waals surface area contributed by atoms with Crippen molar-refractivity contribution >= 4 is 23.2 Å². The largest absolute Gasteiger partial charge is 0.0830 e. The van der Waals surface area contributed by atoms with Crippen LogP contribution >= 0.6 is 23.2 Å². The van der Waals surface area contributed by atoms with Crippen LogP contribution < -0.4 is 0 Å². The van der Waals surface area contributed by atoms with Crippen molar-refractivity contribution in [1.82, 2.24) is 0 Å². The van der Waals surface area contributed by atoms with Gasteiger partial charge in [-0.2, -0.15) is 0 Å². The fourth-order valence-corrected chi connectivity index (χ4v) is 1.93. The van der Waals surface area contributed by atoms with Crippen LogP contribution in [0.15, 0.2) is 45.5 Å². The molecule has 0 fully saturated rings. The summed E-state index contributed by atoms with van der Waals surface area (Å²) in [5, 5.41) is 1.42. The topological polar surface area (TPSA) is 0 Å². The van der Waals surface area contributed by atoms with Crippen molar-refractivity contribution in [2.45, 2.75) is 12.8 Å². The van der Waals surface area contributed by atoms with E-state index in [1.165, 1.54) is 11.1 Å². The van der Waals surface area contributed by atoms with Crippen LogP contribution in [0.1, 0.15) is 12.8 Å². The Labute approximate surface area is 102 Å². The summed E-state index contributed by atoms with van der Waals surface area (Å²) >= 11 is 11.9. The summed E-state index contributed by atoms with van der Waals surface area (Å²) < 4.78 is 0. The molecule has 0 saturated carbocycles. The maximum absolute atomic E-state index is 6.02. The van der Waals surface area contributed by atoms with Crippen LogP contribution in [0.25, 0.3) is 0 Å². The second kappa shape index (κ2) is 4.64. The van der Waals surface area contributed by atoms with Gasteiger partial charge in [0.1, 0.15) is 0 Å². The van der Waals surface area contributed by atoms with Gasteiger partial charge in [0.2, 0.25) is 0 Å². The predicted octanol–water partition coefficient (Wildman–Crippen LogP) is 3.89. The van der Waals surface area contributed by atoms with Gasteiger partial charge in [0.15, 0.2) is 0 Å². The van der Waals surface area contributed by atoms with E-state index in [-0.39, 0.29) is 21.1 Å². The van der Waals surface area contributed by atoms with E-state index in [2.05, 4.69) is 18.2 Å². The van der Waals surface area contributed by atoms with E-state index in [9.17, 15) is 0 Å². The van der Waals surface area contributed by atoms with Gasteiger partial charge in [0.05, 0.1) is 10.1 Å². The molecule has 2 rings (SSSR count). The van der Waals surface area contributed by atoms with Crippen LogP contribution in [0.3, 0.4) is 0 Å². The smallest absolute Gasteiger partial charge is 0.0627 e. The zero-order valence-electron chi connectivity index (χ0n) is 6.80. The van der Waals surface area contributed by atoms with E-state index >= 15 is 0 Å². The molecule has 0 amide bonds. The zero-order chi connectivity index (χ0) is 8.55. The fourth-order valence-electron chi connectivity index (χ4n) is 1.46. The van der Waals surface area contributed by atoms with E-state index in [0.29, 0.717) is 5.03 Å². The fraction of sp³-hybridized carbons (Fsp3) is 0.200. The molecule has 0 bridgehead atoms. The number of hydrogen-bond acceptors (Lipinski definition) is 0. The summed E-state index contributed by atoms with van der Waals surface area (Å²) in [7, 11) is 0. The molecule has 0 aliphatic heterocycles. The molecule has 0 aromatic carbocycles. The first kappa shape index (κ1) is 11.3. The molecule has 0 atom stereocenters. The molecule has 2 aliphatic carbocycles. The summed E-state index contributed by atoms with van der Waals surface area (Å²) in [6.45, 7) is 0. The molecule has 13 heavy (non-hydrogen) atoms. The molecule has 72 valence electrons. The van der Waals surface area contributed by atoms with Crippen LogP contribution in [0.5, 0.6) is 0 Å². The number of hydrogen-bond donors (Lipinski definition) is 0. The molecule has 0 N–H and O–H groups in total. The predicted molar refractivity (Wildman–Crippen MR) is 53.3 cm³/mol. The van der Waals surface area contributed by atoms with Crippen molar-refractivity contribution < 1.29 is 21.1 Å². The summed E-state index contributed by atoms with van der Waals surface area (Å²) in [6, 6.07) is 0. The van der Waals surface area contributed by atoms with Gasteiger partial charge in [-0.05, 0) is 24.0 Å². The Hall–Kier alpha value is 0.228. The number of rotatable bonds is 1. The zero-order valence-corrected chi connectivity index (χ0v) is 10.6. The third kappa shape index (κ3) is 2.18. The van der Waals surface area contributed by atoms with Crippen LogP contribution in [0.2, 0.25) is 0 Å². The SMILES string of the molecule is ClC1=CCC(C2=CC=CC2)=C1Cl.[Pt]. The normalized spacial score (nSPS) is 20.2. The van der Waals surface area contributed by atoms with Crippen molar-refractivity contribution in [3.05, 3.63) is 45.5 Å². The van der Waals surface area contributed by atoms with Crippen LogP contribution in [0, 0.1) is 0 Å². The standard InChI is InChI=1S/C10H8Cl2.Pt/c11-9-6-5-8(10(9)12)7-3-1-2-4-7;/h1-3,6H,4-5H2;. The Bertz CT molecular complexity index is 335. The molecule has 3 heteroatoms. The molecule has 0 radical (unpaired) electrons. The minimum absolute atomic E-state index is 0. The molecule has 0 nitrogen and oxygen atoms in total. The van der Waals surface area contributed by atoms with Gasteiger partial charge in [-0.3, -0.25) is 0 Å². The van der Waals surface area contributed by atoms with Crippen LogP contribution in [-0.4, -0.2) is 0 Å². The van der Waals surface area contributed by atoms with Gasteiger partial charge in [-0.1, -0.05) is 47.5 Å². The summed E-state index contributed by atoms with van der Waals surface area (Å²) in [4.78, 5) is 0. The van der Waals surface area contributed by atoms with Gasteiger partial charge in [-0.25, -0.2) is 0 Å². The molecular formula is C10H8Cl2Pt. The Balaban J connectivity index is 0.000000845. The average Bonchev–Trinajstić information content (AvgIpc) is 2.64. The van der Waals surface area contributed by atoms with E-state index in [4.69, 9.17) is 23.2 Å². The molecular weight excluding hydrogens is 386 g/mol. The van der Waals surface area contributed by atoms with Gasteiger partial charge >= 0.3 is 0 Å². The molecule has 0 spiro atoms. The first-order chi connectivity index (χ1) is 5.79. The van der Waals surface area contributed by atoms with Crippen LogP contribution in [-0.2, 0) is 21.1 Å². The molecule has 0 heterocycles. The van der Waals surface area contributed by atoms with E-state index in [0.717, 1.165) is 17.9 Å².